The Morgan fingerprint density at radius 2 is 1.57 bits per heavy atom. The number of carboxylic acid groups (broad SMARTS) is 1. The summed E-state index contributed by atoms with van der Waals surface area (Å²) in [6, 6.07) is 14.1. The smallest absolute Gasteiger partial charge is 0.326 e. The van der Waals surface area contributed by atoms with Crippen LogP contribution in [0.1, 0.15) is 23.6 Å². The minimum atomic E-state index is -1.02. The first-order chi connectivity index (χ1) is 10.9. The van der Waals surface area contributed by atoms with Gasteiger partial charge in [0.2, 0.25) is 5.91 Å². The van der Waals surface area contributed by atoms with E-state index in [9.17, 15) is 14.7 Å². The SMILES string of the molecule is Cc1cccc(C)c1N(C(=O)Cc1ccccc1)[C@H](C)C(=O)O. The summed E-state index contributed by atoms with van der Waals surface area (Å²) < 4.78 is 0. The van der Waals surface area contributed by atoms with Gasteiger partial charge in [-0.2, -0.15) is 0 Å². The maximum absolute atomic E-state index is 12.8. The van der Waals surface area contributed by atoms with E-state index in [0.29, 0.717) is 5.69 Å². The maximum Gasteiger partial charge on any atom is 0.326 e. The van der Waals surface area contributed by atoms with E-state index in [1.807, 2.05) is 62.4 Å². The Morgan fingerprint density at radius 1 is 1.00 bits per heavy atom. The summed E-state index contributed by atoms with van der Waals surface area (Å²) in [6.07, 6.45) is 0.173. The van der Waals surface area contributed by atoms with E-state index in [4.69, 9.17) is 0 Å². The highest BCUT2D eigenvalue weighted by Gasteiger charge is 2.29. The first-order valence-corrected chi connectivity index (χ1v) is 7.57. The molecule has 0 aliphatic rings. The minimum Gasteiger partial charge on any atom is -0.480 e. The fraction of sp³-hybridized carbons (Fsp3) is 0.263. The summed E-state index contributed by atoms with van der Waals surface area (Å²) in [5, 5.41) is 9.42. The van der Waals surface area contributed by atoms with Crippen molar-refractivity contribution in [3.05, 3.63) is 65.2 Å². The molecule has 0 unspecified atom stereocenters. The highest BCUT2D eigenvalue weighted by Crippen LogP contribution is 2.27. The van der Waals surface area contributed by atoms with Gasteiger partial charge in [0.25, 0.3) is 0 Å². The second-order valence-electron chi connectivity index (χ2n) is 5.68. The maximum atomic E-state index is 12.8. The Bertz CT molecular complexity index is 690. The number of aliphatic carboxylic acids is 1. The Hall–Kier alpha value is -2.62. The Kier molecular flexibility index (Phi) is 5.16. The van der Waals surface area contributed by atoms with Gasteiger partial charge in [-0.05, 0) is 37.5 Å². The molecule has 2 aromatic rings. The fourth-order valence-corrected chi connectivity index (χ4v) is 2.69. The second-order valence-corrected chi connectivity index (χ2v) is 5.68. The van der Waals surface area contributed by atoms with Crippen LogP contribution >= 0.6 is 0 Å². The summed E-state index contributed by atoms with van der Waals surface area (Å²) >= 11 is 0. The van der Waals surface area contributed by atoms with Gasteiger partial charge < -0.3 is 5.11 Å². The predicted molar refractivity (Wildman–Crippen MR) is 90.6 cm³/mol. The molecule has 2 aromatic carbocycles. The molecule has 0 radical (unpaired) electrons. The van der Waals surface area contributed by atoms with Gasteiger partial charge in [-0.25, -0.2) is 4.79 Å². The van der Waals surface area contributed by atoms with Gasteiger partial charge in [0.05, 0.1) is 12.1 Å². The molecule has 0 bridgehead atoms. The van der Waals surface area contributed by atoms with Crippen molar-refractivity contribution in [2.45, 2.75) is 33.2 Å². The molecule has 0 aliphatic heterocycles. The van der Waals surface area contributed by atoms with Crippen molar-refractivity contribution in [2.24, 2.45) is 0 Å². The third-order valence-electron chi connectivity index (χ3n) is 3.89. The third kappa shape index (κ3) is 3.77. The van der Waals surface area contributed by atoms with Crippen molar-refractivity contribution in [3.63, 3.8) is 0 Å². The van der Waals surface area contributed by atoms with Crippen LogP contribution in [0.3, 0.4) is 0 Å². The molecule has 0 spiro atoms. The molecule has 4 nitrogen and oxygen atoms in total. The van der Waals surface area contributed by atoms with Crippen LogP contribution in [-0.2, 0) is 16.0 Å². The van der Waals surface area contributed by atoms with Crippen LogP contribution in [0.2, 0.25) is 0 Å². The number of nitrogens with zero attached hydrogens (tertiary/aromatic N) is 1. The van der Waals surface area contributed by atoms with Gasteiger partial charge in [0.1, 0.15) is 6.04 Å². The first kappa shape index (κ1) is 16.7. The van der Waals surface area contributed by atoms with Gasteiger partial charge in [0, 0.05) is 0 Å². The number of rotatable bonds is 5. The summed E-state index contributed by atoms with van der Waals surface area (Å²) in [5.74, 6) is -1.24. The van der Waals surface area contributed by atoms with Crippen molar-refractivity contribution in [3.8, 4) is 0 Å². The Balaban J connectivity index is 2.42. The zero-order valence-electron chi connectivity index (χ0n) is 13.6. The number of carboxylic acids is 1. The topological polar surface area (TPSA) is 57.6 Å². The number of amides is 1. The first-order valence-electron chi connectivity index (χ1n) is 7.57. The summed E-state index contributed by atoms with van der Waals surface area (Å²) in [5.41, 5.74) is 3.33. The van der Waals surface area contributed by atoms with Crippen LogP contribution < -0.4 is 4.90 Å². The van der Waals surface area contributed by atoms with Gasteiger partial charge in [-0.15, -0.1) is 0 Å². The van der Waals surface area contributed by atoms with Crippen molar-refractivity contribution in [2.75, 3.05) is 4.90 Å². The molecule has 0 fully saturated rings. The van der Waals surface area contributed by atoms with Crippen LogP contribution in [0.15, 0.2) is 48.5 Å². The highest BCUT2D eigenvalue weighted by molar-refractivity contribution is 6.01. The number of para-hydroxylation sites is 1. The molecule has 23 heavy (non-hydrogen) atoms. The molecule has 1 N–H and O–H groups in total. The van der Waals surface area contributed by atoms with E-state index >= 15 is 0 Å². The molecular weight excluding hydrogens is 290 g/mol. The van der Waals surface area contributed by atoms with Crippen molar-refractivity contribution in [1.29, 1.82) is 0 Å². The van der Waals surface area contributed by atoms with E-state index in [0.717, 1.165) is 16.7 Å². The standard InChI is InChI=1S/C19H21NO3/c1-13-8-7-9-14(2)18(13)20(15(3)19(22)23)17(21)12-16-10-5-4-6-11-16/h4-11,15H,12H2,1-3H3,(H,22,23)/t15-/m1/s1. The monoisotopic (exact) mass is 311 g/mol. The lowest BCUT2D eigenvalue weighted by Crippen LogP contribution is -2.45. The molecule has 0 heterocycles. The lowest BCUT2D eigenvalue weighted by Gasteiger charge is -2.29. The highest BCUT2D eigenvalue weighted by atomic mass is 16.4. The molecular formula is C19H21NO3. The molecule has 0 saturated heterocycles. The Morgan fingerprint density at radius 3 is 2.09 bits per heavy atom. The van der Waals surface area contributed by atoms with E-state index in [2.05, 4.69) is 0 Å². The van der Waals surface area contributed by atoms with Crippen LogP contribution in [0.5, 0.6) is 0 Å². The average Bonchev–Trinajstić information content (AvgIpc) is 2.51. The lowest BCUT2D eigenvalue weighted by atomic mass is 10.0. The van der Waals surface area contributed by atoms with E-state index in [-0.39, 0.29) is 12.3 Å². The number of anilines is 1. The van der Waals surface area contributed by atoms with Crippen molar-refractivity contribution < 1.29 is 14.7 Å². The molecule has 0 aliphatic carbocycles. The third-order valence-corrected chi connectivity index (χ3v) is 3.89. The Labute approximate surface area is 136 Å². The van der Waals surface area contributed by atoms with Crippen LogP contribution in [0.25, 0.3) is 0 Å². The van der Waals surface area contributed by atoms with Gasteiger partial charge in [-0.1, -0.05) is 48.5 Å². The molecule has 1 atom stereocenters. The summed E-state index contributed by atoms with van der Waals surface area (Å²) in [7, 11) is 0. The zero-order chi connectivity index (χ0) is 17.0. The number of carbonyl (C=O) groups is 2. The van der Waals surface area contributed by atoms with Crippen LogP contribution in [-0.4, -0.2) is 23.0 Å². The molecule has 0 saturated carbocycles. The largest absolute Gasteiger partial charge is 0.480 e. The van der Waals surface area contributed by atoms with Gasteiger partial charge in [-0.3, -0.25) is 9.69 Å². The van der Waals surface area contributed by atoms with Crippen LogP contribution in [0, 0.1) is 13.8 Å². The molecule has 120 valence electrons. The quantitative estimate of drug-likeness (QED) is 0.921. The summed E-state index contributed by atoms with van der Waals surface area (Å²) in [6.45, 7) is 5.32. The van der Waals surface area contributed by atoms with Crippen molar-refractivity contribution >= 4 is 17.6 Å². The zero-order valence-corrected chi connectivity index (χ0v) is 13.6. The van der Waals surface area contributed by atoms with Gasteiger partial charge >= 0.3 is 5.97 Å². The molecule has 0 aromatic heterocycles. The fourth-order valence-electron chi connectivity index (χ4n) is 2.69. The average molecular weight is 311 g/mol. The minimum absolute atomic E-state index is 0.173. The number of aryl methyl sites for hydroxylation is 2. The van der Waals surface area contributed by atoms with Crippen molar-refractivity contribution in [1.82, 2.24) is 0 Å². The lowest BCUT2D eigenvalue weighted by molar-refractivity contribution is -0.139. The predicted octanol–water partition coefficient (Wildman–Crippen LogP) is 3.35. The number of carbonyl (C=O) groups excluding carboxylic acids is 1. The van der Waals surface area contributed by atoms with Crippen LogP contribution in [0.4, 0.5) is 5.69 Å². The van der Waals surface area contributed by atoms with Gasteiger partial charge in [0.15, 0.2) is 0 Å². The normalized spacial score (nSPS) is 11.8. The van der Waals surface area contributed by atoms with E-state index < -0.39 is 12.0 Å². The molecule has 4 heteroatoms. The summed E-state index contributed by atoms with van der Waals surface area (Å²) in [4.78, 5) is 25.7. The second kappa shape index (κ2) is 7.09. The number of benzene rings is 2. The van der Waals surface area contributed by atoms with E-state index in [1.165, 1.54) is 11.8 Å². The number of hydrogen-bond donors (Lipinski definition) is 1. The molecule has 1 amide bonds. The number of hydrogen-bond acceptors (Lipinski definition) is 2. The molecule has 2 rings (SSSR count). The van der Waals surface area contributed by atoms with E-state index in [1.54, 1.807) is 0 Å².